The summed E-state index contributed by atoms with van der Waals surface area (Å²) in [6.07, 6.45) is 4.63. The first kappa shape index (κ1) is 13.5. The summed E-state index contributed by atoms with van der Waals surface area (Å²) in [5, 5.41) is 12.1. The first-order valence-corrected chi connectivity index (χ1v) is 6.29. The van der Waals surface area contributed by atoms with Crippen molar-refractivity contribution in [2.24, 2.45) is 0 Å². The van der Waals surface area contributed by atoms with Gasteiger partial charge in [0.05, 0.1) is 6.07 Å². The number of rotatable bonds is 5. The molecule has 3 heteroatoms. The van der Waals surface area contributed by atoms with Gasteiger partial charge in [0, 0.05) is 5.54 Å². The Kier molecular flexibility index (Phi) is 4.35. The van der Waals surface area contributed by atoms with Crippen LogP contribution in [-0.2, 0) is 0 Å². The van der Waals surface area contributed by atoms with E-state index < -0.39 is 0 Å². The molecule has 0 aromatic carbocycles. The lowest BCUT2D eigenvalue weighted by molar-refractivity contribution is 0.168. The van der Waals surface area contributed by atoms with Gasteiger partial charge in [0.1, 0.15) is 5.54 Å². The number of hydrogen-bond donors (Lipinski definition) is 1. The Bertz CT molecular complexity index is 267. The van der Waals surface area contributed by atoms with Gasteiger partial charge < -0.3 is 5.32 Å². The fraction of sp³-hybridized carbons (Fsp3) is 0.923. The summed E-state index contributed by atoms with van der Waals surface area (Å²) in [6, 6.07) is 2.34. The van der Waals surface area contributed by atoms with Gasteiger partial charge in [-0.05, 0) is 66.6 Å². The second-order valence-electron chi connectivity index (χ2n) is 5.70. The van der Waals surface area contributed by atoms with E-state index in [1.54, 1.807) is 0 Å². The lowest BCUT2D eigenvalue weighted by Crippen LogP contribution is -2.41. The summed E-state index contributed by atoms with van der Waals surface area (Å²) < 4.78 is 0. The van der Waals surface area contributed by atoms with Crippen molar-refractivity contribution in [3.63, 3.8) is 0 Å². The van der Waals surface area contributed by atoms with Crippen LogP contribution in [0.15, 0.2) is 0 Å². The van der Waals surface area contributed by atoms with E-state index in [4.69, 9.17) is 5.26 Å². The van der Waals surface area contributed by atoms with Crippen molar-refractivity contribution in [1.29, 1.82) is 5.26 Å². The van der Waals surface area contributed by atoms with Gasteiger partial charge >= 0.3 is 0 Å². The minimum Gasteiger partial charge on any atom is -0.303 e. The lowest BCUT2D eigenvalue weighted by Gasteiger charge is -2.32. The van der Waals surface area contributed by atoms with Crippen LogP contribution in [-0.4, -0.2) is 36.1 Å². The zero-order chi connectivity index (χ0) is 12.2. The standard InChI is InChI=1S/C13H25N3/c1-12(2)7-5-9-16(12)10-6-8-13(3,11-14)15-4/h15H,5-10H2,1-4H3. The molecule has 92 valence electrons. The molecule has 3 nitrogen and oxygen atoms in total. The number of nitriles is 1. The SMILES string of the molecule is CNC(C)(C#N)CCCN1CCCC1(C)C. The van der Waals surface area contributed by atoms with Gasteiger partial charge in [0.25, 0.3) is 0 Å². The van der Waals surface area contributed by atoms with Crippen LogP contribution in [0.1, 0.15) is 46.5 Å². The van der Waals surface area contributed by atoms with Crippen LogP contribution in [0, 0.1) is 11.3 Å². The Hall–Kier alpha value is -0.590. The number of hydrogen-bond acceptors (Lipinski definition) is 3. The van der Waals surface area contributed by atoms with Crippen LogP contribution in [0.5, 0.6) is 0 Å². The summed E-state index contributed by atoms with van der Waals surface area (Å²) in [5.41, 5.74) is 0.00650. The molecule has 1 N–H and O–H groups in total. The molecule has 1 aliphatic heterocycles. The van der Waals surface area contributed by atoms with E-state index in [0.29, 0.717) is 5.54 Å². The normalized spacial score (nSPS) is 23.9. The topological polar surface area (TPSA) is 39.1 Å². The van der Waals surface area contributed by atoms with Crippen LogP contribution >= 0.6 is 0 Å². The monoisotopic (exact) mass is 223 g/mol. The summed E-state index contributed by atoms with van der Waals surface area (Å²) in [4.78, 5) is 2.56. The van der Waals surface area contributed by atoms with Crippen LogP contribution in [0.25, 0.3) is 0 Å². The number of likely N-dealkylation sites (tertiary alicyclic amines) is 1. The van der Waals surface area contributed by atoms with Crippen LogP contribution in [0.2, 0.25) is 0 Å². The maximum Gasteiger partial charge on any atom is 0.103 e. The van der Waals surface area contributed by atoms with E-state index in [2.05, 4.69) is 30.1 Å². The molecule has 1 atom stereocenters. The van der Waals surface area contributed by atoms with Crippen molar-refractivity contribution in [2.45, 2.75) is 57.5 Å². The largest absolute Gasteiger partial charge is 0.303 e. The Labute approximate surface area is 99.8 Å². The Balaban J connectivity index is 2.34. The molecule has 1 rings (SSSR count). The zero-order valence-corrected chi connectivity index (χ0v) is 11.1. The third-order valence-corrected chi connectivity index (χ3v) is 3.98. The van der Waals surface area contributed by atoms with E-state index in [1.165, 1.54) is 19.4 Å². The second-order valence-corrected chi connectivity index (χ2v) is 5.70. The third kappa shape index (κ3) is 3.20. The molecule has 0 amide bonds. The fourth-order valence-corrected chi connectivity index (χ4v) is 2.44. The van der Waals surface area contributed by atoms with Crippen molar-refractivity contribution in [1.82, 2.24) is 10.2 Å². The van der Waals surface area contributed by atoms with Gasteiger partial charge in [0.15, 0.2) is 0 Å². The molecule has 0 radical (unpaired) electrons. The predicted octanol–water partition coefficient (Wildman–Crippen LogP) is 2.14. The Morgan fingerprint density at radius 1 is 1.50 bits per heavy atom. The van der Waals surface area contributed by atoms with E-state index in [0.717, 1.165) is 19.4 Å². The van der Waals surface area contributed by atoms with Crippen molar-refractivity contribution in [3.05, 3.63) is 0 Å². The third-order valence-electron chi connectivity index (χ3n) is 3.98. The molecule has 16 heavy (non-hydrogen) atoms. The molecule has 0 spiro atoms. The first-order valence-electron chi connectivity index (χ1n) is 6.29. The molecule has 0 bridgehead atoms. The van der Waals surface area contributed by atoms with Crippen LogP contribution in [0.3, 0.4) is 0 Å². The molecular formula is C13H25N3. The quantitative estimate of drug-likeness (QED) is 0.776. The van der Waals surface area contributed by atoms with Crippen LogP contribution in [0.4, 0.5) is 0 Å². The van der Waals surface area contributed by atoms with Crippen molar-refractivity contribution >= 4 is 0 Å². The van der Waals surface area contributed by atoms with E-state index in [9.17, 15) is 0 Å². The lowest BCUT2D eigenvalue weighted by atomic mass is 9.97. The molecular weight excluding hydrogens is 198 g/mol. The Morgan fingerprint density at radius 3 is 2.62 bits per heavy atom. The number of nitrogens with one attached hydrogen (secondary N) is 1. The minimum absolute atomic E-state index is 0.357. The average molecular weight is 223 g/mol. The zero-order valence-electron chi connectivity index (χ0n) is 11.1. The maximum absolute atomic E-state index is 9.05. The highest BCUT2D eigenvalue weighted by atomic mass is 15.2. The molecule has 0 aromatic rings. The molecule has 1 aliphatic rings. The molecule has 0 saturated carbocycles. The summed E-state index contributed by atoms with van der Waals surface area (Å²) in [7, 11) is 1.86. The van der Waals surface area contributed by atoms with Gasteiger partial charge in [-0.15, -0.1) is 0 Å². The fourth-order valence-electron chi connectivity index (χ4n) is 2.44. The second kappa shape index (κ2) is 5.16. The molecule has 1 fully saturated rings. The molecule has 1 unspecified atom stereocenters. The molecule has 1 saturated heterocycles. The molecule has 0 aliphatic carbocycles. The van der Waals surface area contributed by atoms with E-state index in [-0.39, 0.29) is 5.54 Å². The molecule has 0 aromatic heterocycles. The smallest absolute Gasteiger partial charge is 0.103 e. The highest BCUT2D eigenvalue weighted by Gasteiger charge is 2.31. The van der Waals surface area contributed by atoms with Crippen molar-refractivity contribution in [3.8, 4) is 6.07 Å². The van der Waals surface area contributed by atoms with E-state index in [1.807, 2.05) is 14.0 Å². The van der Waals surface area contributed by atoms with Gasteiger partial charge in [-0.1, -0.05) is 0 Å². The van der Waals surface area contributed by atoms with Crippen molar-refractivity contribution < 1.29 is 0 Å². The summed E-state index contributed by atoms with van der Waals surface area (Å²) in [5.74, 6) is 0. The van der Waals surface area contributed by atoms with Crippen LogP contribution < -0.4 is 5.32 Å². The van der Waals surface area contributed by atoms with E-state index >= 15 is 0 Å². The first-order chi connectivity index (χ1) is 7.43. The minimum atomic E-state index is -0.357. The Morgan fingerprint density at radius 2 is 2.19 bits per heavy atom. The molecule has 1 heterocycles. The average Bonchev–Trinajstić information content (AvgIpc) is 2.58. The van der Waals surface area contributed by atoms with Gasteiger partial charge in [0.2, 0.25) is 0 Å². The van der Waals surface area contributed by atoms with Gasteiger partial charge in [-0.3, -0.25) is 4.90 Å². The maximum atomic E-state index is 9.05. The van der Waals surface area contributed by atoms with Gasteiger partial charge in [-0.25, -0.2) is 0 Å². The highest BCUT2D eigenvalue weighted by Crippen LogP contribution is 2.28. The van der Waals surface area contributed by atoms with Gasteiger partial charge in [-0.2, -0.15) is 5.26 Å². The summed E-state index contributed by atoms with van der Waals surface area (Å²) >= 11 is 0. The van der Waals surface area contributed by atoms with Crippen molar-refractivity contribution in [2.75, 3.05) is 20.1 Å². The predicted molar refractivity (Wildman–Crippen MR) is 67.2 cm³/mol. The summed E-state index contributed by atoms with van der Waals surface area (Å²) in [6.45, 7) is 8.95. The highest BCUT2D eigenvalue weighted by molar-refractivity contribution is 5.02. The number of nitrogens with zero attached hydrogens (tertiary/aromatic N) is 2.